The molecule has 0 aliphatic carbocycles. The molecule has 1 atom stereocenters. The average Bonchev–Trinajstić information content (AvgIpc) is 3.62. The van der Waals surface area contributed by atoms with Crippen molar-refractivity contribution in [1.29, 1.82) is 0 Å². The van der Waals surface area contributed by atoms with Crippen molar-refractivity contribution < 1.29 is 9.50 Å². The quantitative estimate of drug-likeness (QED) is 0.391. The Kier molecular flexibility index (Phi) is 5.45. The molecule has 35 heavy (non-hydrogen) atoms. The molecule has 1 N–H and O–H groups in total. The lowest BCUT2D eigenvalue weighted by Gasteiger charge is -2.19. The van der Waals surface area contributed by atoms with Gasteiger partial charge in [0.1, 0.15) is 11.6 Å². The van der Waals surface area contributed by atoms with E-state index in [1.807, 2.05) is 19.3 Å². The zero-order valence-electron chi connectivity index (χ0n) is 19.6. The Morgan fingerprint density at radius 1 is 1.17 bits per heavy atom. The third kappa shape index (κ3) is 4.04. The molecule has 0 bridgehead atoms. The summed E-state index contributed by atoms with van der Waals surface area (Å²) in [7, 11) is 0. The molecular weight excluding hydrogens is 443 g/mol. The summed E-state index contributed by atoms with van der Waals surface area (Å²) in [4.78, 5) is 16.6. The largest absolute Gasteiger partial charge is 0.390 e. The predicted octanol–water partition coefficient (Wildman–Crippen LogP) is 4.18. The van der Waals surface area contributed by atoms with Crippen molar-refractivity contribution >= 4 is 11.5 Å². The molecule has 2 aliphatic rings. The van der Waals surface area contributed by atoms with E-state index in [2.05, 4.69) is 48.4 Å². The van der Waals surface area contributed by atoms with Gasteiger partial charge >= 0.3 is 0 Å². The number of pyridine rings is 1. The minimum Gasteiger partial charge on any atom is -0.390 e. The van der Waals surface area contributed by atoms with Gasteiger partial charge in [0, 0.05) is 49.5 Å². The van der Waals surface area contributed by atoms with E-state index in [0.717, 1.165) is 71.6 Å². The van der Waals surface area contributed by atoms with Crippen molar-refractivity contribution in [2.75, 3.05) is 31.1 Å². The summed E-state index contributed by atoms with van der Waals surface area (Å²) in [5.41, 5.74) is 5.80. The highest BCUT2D eigenvalue weighted by Gasteiger charge is 2.26. The first-order chi connectivity index (χ1) is 17.1. The zero-order chi connectivity index (χ0) is 23.9. The van der Waals surface area contributed by atoms with Gasteiger partial charge in [-0.05, 0) is 55.2 Å². The standard InChI is InChI=1S/C27H27FN6O/c1-18(17-35)30-13-19-8-10-32(14-19)26-7-6-24-23(31-26)16-33-15-21(20-2-4-22(28)5-3-20)12-25(33)27-29-9-11-34(24)27/h2-7,9,11-12,15,19,35H,8,10,13-14,16-17H2,1H3/b30-18-/t19-/m1/s1. The molecule has 178 valence electrons. The van der Waals surface area contributed by atoms with E-state index in [4.69, 9.17) is 4.98 Å². The van der Waals surface area contributed by atoms with E-state index < -0.39 is 0 Å². The van der Waals surface area contributed by atoms with Gasteiger partial charge in [-0.2, -0.15) is 0 Å². The topological polar surface area (TPSA) is 71.5 Å². The summed E-state index contributed by atoms with van der Waals surface area (Å²) >= 11 is 0. The summed E-state index contributed by atoms with van der Waals surface area (Å²) in [6, 6.07) is 12.9. The third-order valence-corrected chi connectivity index (χ3v) is 6.92. The van der Waals surface area contributed by atoms with Gasteiger partial charge in [0.2, 0.25) is 0 Å². The van der Waals surface area contributed by atoms with E-state index in [1.54, 1.807) is 12.1 Å². The van der Waals surface area contributed by atoms with Crippen molar-refractivity contribution in [3.05, 3.63) is 72.6 Å². The molecule has 1 fully saturated rings. The fourth-order valence-electron chi connectivity index (χ4n) is 5.00. The Hall–Kier alpha value is -3.78. The molecule has 1 saturated heterocycles. The minimum atomic E-state index is -0.241. The van der Waals surface area contributed by atoms with Crippen molar-refractivity contribution in [3.63, 3.8) is 0 Å². The lowest BCUT2D eigenvalue weighted by atomic mass is 10.1. The molecule has 1 aromatic carbocycles. The SMILES string of the molecule is C/C(CO)=N/C[C@H]1CCN(c2ccc3c(n2)Cn2cc(-c4ccc(F)cc4)cc2-c2nccn2-3)C1. The number of aliphatic hydroxyl groups excluding tert-OH is 1. The van der Waals surface area contributed by atoms with Crippen LogP contribution in [0.1, 0.15) is 19.0 Å². The Bertz CT molecular complexity index is 1400. The number of aliphatic hydroxyl groups is 1. The summed E-state index contributed by atoms with van der Waals surface area (Å²) in [5.74, 6) is 2.07. The number of aliphatic imine (C=N–C) groups is 1. The van der Waals surface area contributed by atoms with Crippen LogP contribution in [0.3, 0.4) is 0 Å². The number of nitrogens with zero attached hydrogens (tertiary/aromatic N) is 6. The fourth-order valence-corrected chi connectivity index (χ4v) is 5.00. The number of anilines is 1. The number of benzene rings is 1. The minimum absolute atomic E-state index is 0.0172. The predicted molar refractivity (Wildman–Crippen MR) is 135 cm³/mol. The molecule has 0 amide bonds. The van der Waals surface area contributed by atoms with Crippen LogP contribution in [0.4, 0.5) is 10.2 Å². The molecule has 0 saturated carbocycles. The van der Waals surface area contributed by atoms with Gasteiger partial charge in [-0.1, -0.05) is 12.1 Å². The van der Waals surface area contributed by atoms with Crippen molar-refractivity contribution in [1.82, 2.24) is 19.1 Å². The number of fused-ring (bicyclic) bond motifs is 5. The second-order valence-electron chi connectivity index (χ2n) is 9.34. The first-order valence-electron chi connectivity index (χ1n) is 11.9. The number of hydrogen-bond donors (Lipinski definition) is 1. The Balaban J connectivity index is 1.32. The summed E-state index contributed by atoms with van der Waals surface area (Å²) in [6.45, 7) is 5.11. The van der Waals surface area contributed by atoms with Crippen molar-refractivity contribution in [2.45, 2.75) is 19.9 Å². The number of aromatic nitrogens is 4. The maximum Gasteiger partial charge on any atom is 0.161 e. The number of imidazole rings is 1. The number of rotatable bonds is 5. The van der Waals surface area contributed by atoms with E-state index >= 15 is 0 Å². The second-order valence-corrected chi connectivity index (χ2v) is 9.34. The van der Waals surface area contributed by atoms with Gasteiger partial charge in [-0.15, -0.1) is 0 Å². The monoisotopic (exact) mass is 470 g/mol. The highest BCUT2D eigenvalue weighted by molar-refractivity contribution is 5.82. The molecule has 3 aromatic heterocycles. The molecular formula is C27H27FN6O. The van der Waals surface area contributed by atoms with E-state index in [0.29, 0.717) is 12.5 Å². The van der Waals surface area contributed by atoms with Crippen molar-refractivity contribution in [3.8, 4) is 28.3 Å². The lowest BCUT2D eigenvalue weighted by molar-refractivity contribution is 0.356. The summed E-state index contributed by atoms with van der Waals surface area (Å²) in [5, 5.41) is 9.20. The van der Waals surface area contributed by atoms with Crippen LogP contribution in [0, 0.1) is 11.7 Å². The average molecular weight is 471 g/mol. The van der Waals surface area contributed by atoms with Crippen LogP contribution in [-0.4, -0.2) is 56.2 Å². The van der Waals surface area contributed by atoms with Crippen LogP contribution in [-0.2, 0) is 6.54 Å². The van der Waals surface area contributed by atoms with Crippen LogP contribution in [0.5, 0.6) is 0 Å². The molecule has 4 aromatic rings. The Morgan fingerprint density at radius 3 is 2.86 bits per heavy atom. The smallest absolute Gasteiger partial charge is 0.161 e. The van der Waals surface area contributed by atoms with Crippen LogP contribution < -0.4 is 4.90 Å². The molecule has 6 rings (SSSR count). The third-order valence-electron chi connectivity index (χ3n) is 6.92. The van der Waals surface area contributed by atoms with Crippen LogP contribution in [0.2, 0.25) is 0 Å². The number of hydrogen-bond acceptors (Lipinski definition) is 5. The molecule has 0 unspecified atom stereocenters. The molecule has 5 heterocycles. The highest BCUT2D eigenvalue weighted by Crippen LogP contribution is 2.34. The van der Waals surface area contributed by atoms with E-state index in [-0.39, 0.29) is 12.4 Å². The summed E-state index contributed by atoms with van der Waals surface area (Å²) in [6.07, 6.45) is 6.95. The van der Waals surface area contributed by atoms with Crippen LogP contribution >= 0.6 is 0 Å². The highest BCUT2D eigenvalue weighted by atomic mass is 19.1. The van der Waals surface area contributed by atoms with Crippen LogP contribution in [0.15, 0.2) is 66.0 Å². The van der Waals surface area contributed by atoms with Crippen LogP contribution in [0.25, 0.3) is 28.3 Å². The Morgan fingerprint density at radius 2 is 2.03 bits per heavy atom. The van der Waals surface area contributed by atoms with E-state index in [1.165, 1.54) is 12.1 Å². The van der Waals surface area contributed by atoms with Gasteiger partial charge in [0.15, 0.2) is 5.82 Å². The van der Waals surface area contributed by atoms with E-state index in [9.17, 15) is 9.50 Å². The van der Waals surface area contributed by atoms with Gasteiger partial charge in [0.25, 0.3) is 0 Å². The van der Waals surface area contributed by atoms with Gasteiger partial charge < -0.3 is 14.6 Å². The number of halogens is 1. The lowest BCUT2D eigenvalue weighted by Crippen LogP contribution is -2.22. The first-order valence-corrected chi connectivity index (χ1v) is 11.9. The molecule has 8 heteroatoms. The van der Waals surface area contributed by atoms with Crippen molar-refractivity contribution in [2.24, 2.45) is 10.9 Å². The first kappa shape index (κ1) is 21.7. The molecule has 0 spiro atoms. The van der Waals surface area contributed by atoms with Gasteiger partial charge in [0.05, 0.1) is 30.2 Å². The second kappa shape index (κ2) is 8.78. The molecule has 7 nitrogen and oxygen atoms in total. The zero-order valence-corrected chi connectivity index (χ0v) is 19.6. The normalized spacial score (nSPS) is 17.2. The van der Waals surface area contributed by atoms with Gasteiger partial charge in [-0.25, -0.2) is 14.4 Å². The fraction of sp³-hybridized carbons (Fsp3) is 0.296. The Labute approximate surface area is 203 Å². The molecule has 2 aliphatic heterocycles. The maximum absolute atomic E-state index is 13.4. The maximum atomic E-state index is 13.4. The summed E-state index contributed by atoms with van der Waals surface area (Å²) < 4.78 is 17.7. The van der Waals surface area contributed by atoms with Gasteiger partial charge in [-0.3, -0.25) is 9.56 Å². The molecule has 0 radical (unpaired) electrons.